The highest BCUT2D eigenvalue weighted by molar-refractivity contribution is 6.32. The fourth-order valence-electron chi connectivity index (χ4n) is 4.37. The molecule has 1 aromatic heterocycles. The van der Waals surface area contributed by atoms with Crippen molar-refractivity contribution in [3.05, 3.63) is 75.5 Å². The van der Waals surface area contributed by atoms with Crippen LogP contribution < -0.4 is 9.64 Å². The lowest BCUT2D eigenvalue weighted by atomic mass is 10.1. The summed E-state index contributed by atoms with van der Waals surface area (Å²) in [6.45, 7) is 2.90. The van der Waals surface area contributed by atoms with Crippen LogP contribution in [0.2, 0.25) is 10.0 Å². The van der Waals surface area contributed by atoms with Gasteiger partial charge in [-0.05, 0) is 24.6 Å². The first-order chi connectivity index (χ1) is 18.1. The van der Waals surface area contributed by atoms with E-state index in [1.807, 2.05) is 42.5 Å². The summed E-state index contributed by atoms with van der Waals surface area (Å²) < 4.78 is 52.0. The normalized spacial score (nSPS) is 16.1. The number of benzene rings is 2. The Morgan fingerprint density at radius 1 is 1.13 bits per heavy atom. The van der Waals surface area contributed by atoms with E-state index in [1.165, 1.54) is 14.0 Å². The molecule has 0 aliphatic carbocycles. The van der Waals surface area contributed by atoms with Crippen molar-refractivity contribution < 1.29 is 27.4 Å². The van der Waals surface area contributed by atoms with Crippen molar-refractivity contribution in [3.8, 4) is 5.75 Å². The minimum atomic E-state index is -4.71. The van der Waals surface area contributed by atoms with Gasteiger partial charge in [-0.1, -0.05) is 53.5 Å². The quantitative estimate of drug-likeness (QED) is 0.360. The molecule has 3 aromatic rings. The van der Waals surface area contributed by atoms with Gasteiger partial charge >= 0.3 is 6.18 Å². The smallest absolute Gasteiger partial charge is 0.436 e. The number of anilines is 1. The zero-order chi connectivity index (χ0) is 27.4. The van der Waals surface area contributed by atoms with Gasteiger partial charge in [0.05, 0.1) is 42.1 Å². The first-order valence-electron chi connectivity index (χ1n) is 11.9. The Kier molecular flexibility index (Phi) is 8.74. The Morgan fingerprint density at radius 2 is 1.87 bits per heavy atom. The largest absolute Gasteiger partial charge is 0.495 e. The summed E-state index contributed by atoms with van der Waals surface area (Å²) in [5.74, 6) is 0.167. The van der Waals surface area contributed by atoms with E-state index in [1.54, 1.807) is 11.0 Å². The molecule has 2 aromatic carbocycles. The lowest BCUT2D eigenvalue weighted by molar-refractivity contribution is -0.142. The molecule has 1 fully saturated rings. The van der Waals surface area contributed by atoms with Crippen LogP contribution in [0.3, 0.4) is 0 Å². The molecule has 1 atom stereocenters. The maximum Gasteiger partial charge on any atom is 0.436 e. The molecule has 0 radical (unpaired) electrons. The molecule has 0 bridgehead atoms. The zero-order valence-electron chi connectivity index (χ0n) is 20.8. The minimum Gasteiger partial charge on any atom is -0.495 e. The van der Waals surface area contributed by atoms with Crippen molar-refractivity contribution in [3.63, 3.8) is 0 Å². The van der Waals surface area contributed by atoms with Crippen LogP contribution >= 0.6 is 23.2 Å². The van der Waals surface area contributed by atoms with Crippen LogP contribution in [0, 0.1) is 6.92 Å². The number of piperazine rings is 1. The third-order valence-corrected chi connectivity index (χ3v) is 7.18. The Bertz CT molecular complexity index is 1270. The Hall–Kier alpha value is -2.95. The van der Waals surface area contributed by atoms with Crippen LogP contribution in [0.25, 0.3) is 0 Å². The molecule has 0 spiro atoms. The van der Waals surface area contributed by atoms with Gasteiger partial charge in [0.2, 0.25) is 5.91 Å². The number of aromatic nitrogens is 2. The van der Waals surface area contributed by atoms with E-state index in [2.05, 4.69) is 10.00 Å². The molecular weight excluding hydrogens is 544 g/mol. The number of carbonyl (C=O) groups is 1. The highest BCUT2D eigenvalue weighted by Gasteiger charge is 2.39. The van der Waals surface area contributed by atoms with Crippen LogP contribution in [0.4, 0.5) is 18.9 Å². The molecule has 1 aliphatic rings. The average molecular weight is 571 g/mol. The number of alkyl halides is 3. The summed E-state index contributed by atoms with van der Waals surface area (Å²) >= 11 is 12.1. The van der Waals surface area contributed by atoms with Gasteiger partial charge in [0.1, 0.15) is 12.3 Å². The molecule has 4 rings (SSSR count). The Morgan fingerprint density at radius 3 is 2.53 bits per heavy atom. The van der Waals surface area contributed by atoms with Gasteiger partial charge in [0.15, 0.2) is 5.69 Å². The molecule has 12 heteroatoms. The van der Waals surface area contributed by atoms with Crippen molar-refractivity contribution >= 4 is 34.8 Å². The number of hydrogen-bond donors (Lipinski definition) is 0. The van der Waals surface area contributed by atoms with E-state index in [0.29, 0.717) is 43.6 Å². The summed E-state index contributed by atoms with van der Waals surface area (Å²) in [6.07, 6.45) is -4.71. The summed E-state index contributed by atoms with van der Waals surface area (Å²) in [5.41, 5.74) is 0.763. The maximum atomic E-state index is 13.2. The zero-order valence-corrected chi connectivity index (χ0v) is 22.4. The lowest BCUT2D eigenvalue weighted by Crippen LogP contribution is -2.57. The van der Waals surface area contributed by atoms with E-state index >= 15 is 0 Å². The lowest BCUT2D eigenvalue weighted by Gasteiger charge is -2.42. The van der Waals surface area contributed by atoms with Crippen molar-refractivity contribution in [2.75, 3.05) is 38.3 Å². The summed E-state index contributed by atoms with van der Waals surface area (Å²) in [7, 11) is 1.54. The van der Waals surface area contributed by atoms with Crippen molar-refractivity contribution in [2.24, 2.45) is 0 Å². The molecule has 2 heterocycles. The number of amides is 1. The van der Waals surface area contributed by atoms with Crippen molar-refractivity contribution in [1.82, 2.24) is 14.7 Å². The molecule has 204 valence electrons. The van der Waals surface area contributed by atoms with E-state index in [-0.39, 0.29) is 24.2 Å². The fourth-order valence-corrected chi connectivity index (χ4v) is 4.80. The predicted molar refractivity (Wildman–Crippen MR) is 139 cm³/mol. The molecule has 1 amide bonds. The number of ether oxygens (including phenoxy) is 2. The van der Waals surface area contributed by atoms with Crippen molar-refractivity contribution in [2.45, 2.75) is 32.3 Å². The van der Waals surface area contributed by atoms with Crippen LogP contribution in [0.5, 0.6) is 5.75 Å². The second kappa shape index (κ2) is 11.8. The Labute approximate surface area is 228 Å². The van der Waals surface area contributed by atoms with Gasteiger partial charge in [-0.15, -0.1) is 0 Å². The highest BCUT2D eigenvalue weighted by atomic mass is 35.5. The molecule has 0 unspecified atom stereocenters. The number of nitrogens with zero attached hydrogens (tertiary/aromatic N) is 4. The Balaban J connectivity index is 1.50. The first-order valence-corrected chi connectivity index (χ1v) is 12.6. The van der Waals surface area contributed by atoms with Crippen LogP contribution in [-0.2, 0) is 28.9 Å². The average Bonchev–Trinajstić information content (AvgIpc) is 3.18. The minimum absolute atomic E-state index is 0.0852. The van der Waals surface area contributed by atoms with Crippen LogP contribution in [-0.4, -0.2) is 60.0 Å². The summed E-state index contributed by atoms with van der Waals surface area (Å²) in [4.78, 5) is 16.9. The molecule has 7 nitrogen and oxygen atoms in total. The van der Waals surface area contributed by atoms with Gasteiger partial charge in [-0.25, -0.2) is 0 Å². The van der Waals surface area contributed by atoms with Gasteiger partial charge in [-0.3, -0.25) is 9.48 Å². The van der Waals surface area contributed by atoms with Crippen LogP contribution in [0.1, 0.15) is 17.0 Å². The summed E-state index contributed by atoms with van der Waals surface area (Å²) in [5, 5.41) is 3.54. The maximum absolute atomic E-state index is 13.2. The SMILES string of the molecule is COc1cc(N2CCN(C(=O)Cn3nc(C(F)(F)F)c(Cl)c3C)C[C@@H]2COCc2ccccc2)ccc1Cl. The monoisotopic (exact) mass is 570 g/mol. The first kappa shape index (κ1) is 28.1. The second-order valence-electron chi connectivity index (χ2n) is 8.91. The van der Waals surface area contributed by atoms with E-state index in [0.717, 1.165) is 15.9 Å². The molecule has 38 heavy (non-hydrogen) atoms. The summed E-state index contributed by atoms with van der Waals surface area (Å²) in [6, 6.07) is 14.9. The molecule has 0 saturated carbocycles. The third-order valence-electron chi connectivity index (χ3n) is 6.41. The van der Waals surface area contributed by atoms with Crippen molar-refractivity contribution in [1.29, 1.82) is 0 Å². The van der Waals surface area contributed by atoms with E-state index < -0.39 is 16.9 Å². The predicted octanol–water partition coefficient (Wildman–Crippen LogP) is 5.46. The van der Waals surface area contributed by atoms with E-state index in [4.69, 9.17) is 32.7 Å². The fraction of sp³-hybridized carbons (Fsp3) is 0.385. The van der Waals surface area contributed by atoms with Gasteiger partial charge in [-0.2, -0.15) is 18.3 Å². The highest BCUT2D eigenvalue weighted by Crippen LogP contribution is 2.35. The number of rotatable bonds is 8. The van der Waals surface area contributed by atoms with Crippen LogP contribution in [0.15, 0.2) is 48.5 Å². The number of methoxy groups -OCH3 is 1. The molecule has 0 N–H and O–H groups in total. The molecule has 1 aliphatic heterocycles. The van der Waals surface area contributed by atoms with Gasteiger partial charge in [0.25, 0.3) is 0 Å². The number of carbonyl (C=O) groups excluding carboxylic acids is 1. The second-order valence-corrected chi connectivity index (χ2v) is 9.70. The third kappa shape index (κ3) is 6.36. The molecule has 1 saturated heterocycles. The van der Waals surface area contributed by atoms with Gasteiger partial charge in [0, 0.05) is 31.4 Å². The molecular formula is C26H27Cl2F3N4O3. The van der Waals surface area contributed by atoms with E-state index in [9.17, 15) is 18.0 Å². The van der Waals surface area contributed by atoms with Gasteiger partial charge < -0.3 is 19.3 Å². The number of hydrogen-bond acceptors (Lipinski definition) is 5. The number of halogens is 5. The topological polar surface area (TPSA) is 59.8 Å². The standard InChI is InChI=1S/C26H27Cl2F3N4O3/c1-17-24(28)25(26(29,30)31)32-35(17)14-23(36)33-10-11-34(19-8-9-21(27)22(12-19)37-2)20(13-33)16-38-15-18-6-4-3-5-7-18/h3-9,12,20H,10-11,13-16H2,1-2H3/t20-/m1/s1.